The number of fused-ring (bicyclic) bond motifs is 1. The summed E-state index contributed by atoms with van der Waals surface area (Å²) >= 11 is -0.904. The van der Waals surface area contributed by atoms with Crippen LogP contribution in [-0.4, -0.2) is 6.18 Å². The van der Waals surface area contributed by atoms with E-state index in [1.54, 1.807) is 18.2 Å². The quantitative estimate of drug-likeness (QED) is 0.587. The molecule has 0 amide bonds. The Kier molecular flexibility index (Phi) is 2.23. The van der Waals surface area contributed by atoms with E-state index in [2.05, 4.69) is 0 Å². The van der Waals surface area contributed by atoms with Gasteiger partial charge in [0.05, 0.1) is 0 Å². The molecule has 1 unspecified atom stereocenters. The molecule has 13 heavy (non-hydrogen) atoms. The van der Waals surface area contributed by atoms with Crippen LogP contribution < -0.4 is 21.6 Å². The SMILES string of the molecule is FC(F)(F)C1O[I-]c2ccccc21. The number of hydrogen-bond acceptors (Lipinski definition) is 1. The number of halogens is 4. The Hall–Kier alpha value is -0.300. The zero-order valence-corrected chi connectivity index (χ0v) is 8.46. The molecule has 1 heterocycles. The number of benzene rings is 1. The third-order valence-corrected chi connectivity index (χ3v) is 3.92. The second-order valence-electron chi connectivity index (χ2n) is 2.61. The van der Waals surface area contributed by atoms with Crippen LogP contribution in [-0.2, 0) is 3.07 Å². The second kappa shape index (κ2) is 3.13. The zero-order chi connectivity index (χ0) is 9.47. The monoisotopic (exact) mass is 301 g/mol. The van der Waals surface area contributed by atoms with Crippen molar-refractivity contribution in [3.63, 3.8) is 0 Å². The molecule has 0 spiro atoms. The van der Waals surface area contributed by atoms with E-state index in [-0.39, 0.29) is 0 Å². The van der Waals surface area contributed by atoms with E-state index in [0.717, 1.165) is 3.57 Å². The number of rotatable bonds is 0. The third kappa shape index (κ3) is 1.67. The first-order valence-corrected chi connectivity index (χ1v) is 5.51. The molecule has 1 aliphatic heterocycles. The van der Waals surface area contributed by atoms with Gasteiger partial charge in [0.2, 0.25) is 0 Å². The van der Waals surface area contributed by atoms with Gasteiger partial charge in [-0.3, -0.25) is 0 Å². The van der Waals surface area contributed by atoms with Gasteiger partial charge >= 0.3 is 83.5 Å². The Labute approximate surface area is 83.7 Å². The summed E-state index contributed by atoms with van der Waals surface area (Å²) in [6, 6.07) is 6.53. The summed E-state index contributed by atoms with van der Waals surface area (Å²) in [6.45, 7) is 0. The summed E-state index contributed by atoms with van der Waals surface area (Å²) in [5.74, 6) is 0. The minimum atomic E-state index is -4.27. The summed E-state index contributed by atoms with van der Waals surface area (Å²) in [5.41, 5.74) is 0.294. The van der Waals surface area contributed by atoms with Gasteiger partial charge in [0.25, 0.3) is 0 Å². The molecule has 0 fully saturated rings. The van der Waals surface area contributed by atoms with E-state index in [4.69, 9.17) is 3.07 Å². The van der Waals surface area contributed by atoms with Crippen molar-refractivity contribution in [3.8, 4) is 0 Å². The summed E-state index contributed by atoms with van der Waals surface area (Å²) < 4.78 is 42.5. The molecular formula is C8H5F3IO-. The molecule has 5 heteroatoms. The molecule has 0 bridgehead atoms. The van der Waals surface area contributed by atoms with Gasteiger partial charge in [0.15, 0.2) is 0 Å². The maximum atomic E-state index is 12.3. The van der Waals surface area contributed by atoms with Gasteiger partial charge in [0, 0.05) is 0 Å². The van der Waals surface area contributed by atoms with Crippen LogP contribution in [0.5, 0.6) is 0 Å². The van der Waals surface area contributed by atoms with Crippen LogP contribution >= 0.6 is 0 Å². The Morgan fingerprint density at radius 3 is 2.62 bits per heavy atom. The normalized spacial score (nSPS) is 22.2. The van der Waals surface area contributed by atoms with Crippen LogP contribution in [0.1, 0.15) is 11.7 Å². The van der Waals surface area contributed by atoms with Crippen molar-refractivity contribution >= 4 is 0 Å². The average Bonchev–Trinajstić information content (AvgIpc) is 2.45. The molecule has 2 rings (SSSR count). The van der Waals surface area contributed by atoms with E-state index in [1.165, 1.54) is 6.07 Å². The predicted molar refractivity (Wildman–Crippen MR) is 35.0 cm³/mol. The molecule has 1 aliphatic rings. The molecule has 0 radical (unpaired) electrons. The predicted octanol–water partition coefficient (Wildman–Crippen LogP) is -0.506. The first-order chi connectivity index (χ1) is 6.09. The fourth-order valence-electron chi connectivity index (χ4n) is 1.13. The molecule has 0 N–H and O–H groups in total. The molecule has 1 aromatic carbocycles. The molecule has 1 nitrogen and oxygen atoms in total. The van der Waals surface area contributed by atoms with E-state index in [1.807, 2.05) is 0 Å². The van der Waals surface area contributed by atoms with Crippen molar-refractivity contribution in [1.29, 1.82) is 0 Å². The van der Waals surface area contributed by atoms with E-state index in [9.17, 15) is 13.2 Å². The molecule has 0 aromatic heterocycles. The van der Waals surface area contributed by atoms with Gasteiger partial charge < -0.3 is 0 Å². The number of hydrogen-bond donors (Lipinski definition) is 0. The Morgan fingerprint density at radius 1 is 1.23 bits per heavy atom. The summed E-state index contributed by atoms with van der Waals surface area (Å²) in [6.07, 6.45) is -5.96. The van der Waals surface area contributed by atoms with Crippen LogP contribution in [0.3, 0.4) is 0 Å². The van der Waals surface area contributed by atoms with E-state index < -0.39 is 33.9 Å². The van der Waals surface area contributed by atoms with Crippen molar-refractivity contribution < 1.29 is 37.9 Å². The zero-order valence-electron chi connectivity index (χ0n) is 6.31. The molecule has 72 valence electrons. The van der Waals surface area contributed by atoms with Gasteiger partial charge in [-0.2, -0.15) is 0 Å². The first-order valence-electron chi connectivity index (χ1n) is 3.55. The van der Waals surface area contributed by atoms with Crippen molar-refractivity contribution in [2.45, 2.75) is 12.3 Å². The Bertz CT molecular complexity index is 323. The Morgan fingerprint density at radius 2 is 1.92 bits per heavy atom. The minimum absolute atomic E-state index is 0.294. The maximum absolute atomic E-state index is 12.3. The molecular weight excluding hydrogens is 296 g/mol. The average molecular weight is 301 g/mol. The van der Waals surface area contributed by atoms with Crippen molar-refractivity contribution in [3.05, 3.63) is 33.4 Å². The fourth-order valence-corrected chi connectivity index (χ4v) is 3.29. The first kappa shape index (κ1) is 9.26. The molecule has 0 aliphatic carbocycles. The van der Waals surface area contributed by atoms with Crippen LogP contribution in [0.4, 0.5) is 13.2 Å². The van der Waals surface area contributed by atoms with Gasteiger partial charge in [-0.05, 0) is 0 Å². The van der Waals surface area contributed by atoms with Crippen LogP contribution in [0, 0.1) is 3.57 Å². The third-order valence-electron chi connectivity index (χ3n) is 1.70. The van der Waals surface area contributed by atoms with Crippen LogP contribution in [0.2, 0.25) is 0 Å². The summed E-state index contributed by atoms with van der Waals surface area (Å²) in [5, 5.41) is 0. The van der Waals surface area contributed by atoms with Crippen LogP contribution in [0.15, 0.2) is 24.3 Å². The standard InChI is InChI=1S/C8H5F3IO/c9-8(10,11)7-5-3-1-2-4-6(5)12-13-7/h1-4,7H/q-1. The van der Waals surface area contributed by atoms with E-state index >= 15 is 0 Å². The van der Waals surface area contributed by atoms with Crippen molar-refractivity contribution in [1.82, 2.24) is 0 Å². The molecule has 1 aromatic rings. The van der Waals surface area contributed by atoms with Crippen LogP contribution in [0.25, 0.3) is 0 Å². The molecule has 0 saturated carbocycles. The van der Waals surface area contributed by atoms with E-state index in [0.29, 0.717) is 5.56 Å². The molecule has 1 atom stereocenters. The van der Waals surface area contributed by atoms with Gasteiger partial charge in [-0.15, -0.1) is 0 Å². The van der Waals surface area contributed by atoms with Gasteiger partial charge in [-0.1, -0.05) is 0 Å². The summed E-state index contributed by atoms with van der Waals surface area (Å²) in [7, 11) is 0. The number of alkyl halides is 3. The van der Waals surface area contributed by atoms with Crippen molar-refractivity contribution in [2.24, 2.45) is 0 Å². The second-order valence-corrected chi connectivity index (χ2v) is 4.72. The topological polar surface area (TPSA) is 9.23 Å². The molecule has 0 saturated heterocycles. The summed E-state index contributed by atoms with van der Waals surface area (Å²) in [4.78, 5) is 0. The van der Waals surface area contributed by atoms with Crippen molar-refractivity contribution in [2.75, 3.05) is 0 Å². The van der Waals surface area contributed by atoms with Gasteiger partial charge in [-0.25, -0.2) is 0 Å². The Balaban J connectivity index is 2.39. The fraction of sp³-hybridized carbons (Fsp3) is 0.250. The van der Waals surface area contributed by atoms with Gasteiger partial charge in [0.1, 0.15) is 0 Å².